The highest BCUT2D eigenvalue weighted by Crippen LogP contribution is 2.06. The van der Waals surface area contributed by atoms with E-state index in [-0.39, 0.29) is 6.04 Å². The molecule has 0 amide bonds. The van der Waals surface area contributed by atoms with Gasteiger partial charge < -0.3 is 10.6 Å². The summed E-state index contributed by atoms with van der Waals surface area (Å²) in [6, 6.07) is 0.0981. The van der Waals surface area contributed by atoms with E-state index in [1.807, 2.05) is 18.2 Å². The molecule has 0 aromatic carbocycles. The maximum Gasteiger partial charge on any atom is 0.171 e. The van der Waals surface area contributed by atoms with Gasteiger partial charge in [0.2, 0.25) is 0 Å². The van der Waals surface area contributed by atoms with Crippen LogP contribution in [0.1, 0.15) is 33.6 Å². The number of nitrogens with one attached hydrogen (secondary N) is 2. The largest absolute Gasteiger partial charge is 0.356 e. The molecule has 3 heteroatoms. The number of allylic oxidation sites excluding steroid dienone is 7. The van der Waals surface area contributed by atoms with Gasteiger partial charge in [0.05, 0.1) is 6.04 Å². The second kappa shape index (κ2) is 12.8. The zero-order valence-electron chi connectivity index (χ0n) is 13.9. The summed E-state index contributed by atoms with van der Waals surface area (Å²) >= 11 is 5.38. The number of hydrogen-bond donors (Lipinski definition) is 2. The minimum Gasteiger partial charge on any atom is -0.356 e. The molecule has 1 atom stereocenters. The van der Waals surface area contributed by atoms with E-state index in [9.17, 15) is 0 Å². The highest BCUT2D eigenvalue weighted by molar-refractivity contribution is 7.80. The van der Waals surface area contributed by atoms with Gasteiger partial charge in [-0.15, -0.1) is 0 Å². The predicted octanol–water partition coefficient (Wildman–Crippen LogP) is 4.95. The van der Waals surface area contributed by atoms with E-state index in [2.05, 4.69) is 62.8 Å². The van der Waals surface area contributed by atoms with Crippen molar-refractivity contribution in [3.8, 4) is 0 Å². The van der Waals surface area contributed by atoms with Gasteiger partial charge in [-0.1, -0.05) is 63.5 Å². The third-order valence-corrected chi connectivity index (χ3v) is 3.01. The molecule has 0 aliphatic rings. The molecule has 0 rings (SSSR count). The van der Waals surface area contributed by atoms with E-state index >= 15 is 0 Å². The molecule has 1 unspecified atom stereocenters. The fourth-order valence-corrected chi connectivity index (χ4v) is 1.99. The fraction of sp³-hybridized carbons (Fsp3) is 0.316. The van der Waals surface area contributed by atoms with Gasteiger partial charge >= 0.3 is 0 Å². The molecule has 0 radical (unpaired) electrons. The third-order valence-electron chi connectivity index (χ3n) is 2.79. The maximum absolute atomic E-state index is 5.38. The number of rotatable bonds is 9. The Balaban J connectivity index is 4.80. The van der Waals surface area contributed by atoms with Crippen LogP contribution >= 0.6 is 12.2 Å². The van der Waals surface area contributed by atoms with Crippen LogP contribution < -0.4 is 10.6 Å². The molecule has 0 aromatic rings. The molecule has 0 bridgehead atoms. The van der Waals surface area contributed by atoms with E-state index in [4.69, 9.17) is 12.2 Å². The molecular formula is C19H28N2S. The van der Waals surface area contributed by atoms with E-state index in [1.165, 1.54) is 0 Å². The molecule has 2 nitrogen and oxygen atoms in total. The SMILES string of the molecule is C=C/C=C(\C=C/CC)NC(=S)NC(C)C(/C=C\CC)=C/C=C. The summed E-state index contributed by atoms with van der Waals surface area (Å²) in [5.74, 6) is 0. The second-order valence-electron chi connectivity index (χ2n) is 4.70. The minimum atomic E-state index is 0.0981. The summed E-state index contributed by atoms with van der Waals surface area (Å²) in [4.78, 5) is 0. The molecular weight excluding hydrogens is 288 g/mol. The highest BCUT2D eigenvalue weighted by Gasteiger charge is 2.07. The van der Waals surface area contributed by atoms with Crippen LogP contribution in [0.15, 0.2) is 73.0 Å². The van der Waals surface area contributed by atoms with Crippen LogP contribution in [0.4, 0.5) is 0 Å². The van der Waals surface area contributed by atoms with E-state index in [1.54, 1.807) is 12.2 Å². The quantitative estimate of drug-likeness (QED) is 0.465. The summed E-state index contributed by atoms with van der Waals surface area (Å²) in [5.41, 5.74) is 2.05. The van der Waals surface area contributed by atoms with Crippen molar-refractivity contribution in [2.45, 2.75) is 39.7 Å². The van der Waals surface area contributed by atoms with Crippen molar-refractivity contribution >= 4 is 17.3 Å². The van der Waals surface area contributed by atoms with Crippen molar-refractivity contribution in [3.05, 3.63) is 73.0 Å². The van der Waals surface area contributed by atoms with Gasteiger partial charge in [-0.2, -0.15) is 0 Å². The minimum absolute atomic E-state index is 0.0981. The average molecular weight is 317 g/mol. The van der Waals surface area contributed by atoms with Gasteiger partial charge in [-0.25, -0.2) is 0 Å². The Morgan fingerprint density at radius 2 is 1.64 bits per heavy atom. The molecule has 0 aromatic heterocycles. The van der Waals surface area contributed by atoms with Crippen LogP contribution in [0.5, 0.6) is 0 Å². The van der Waals surface area contributed by atoms with Gasteiger partial charge in [0.15, 0.2) is 5.11 Å². The third kappa shape index (κ3) is 9.14. The Bertz CT molecular complexity index is 482. The lowest BCUT2D eigenvalue weighted by Crippen LogP contribution is -2.40. The summed E-state index contributed by atoms with van der Waals surface area (Å²) < 4.78 is 0. The smallest absolute Gasteiger partial charge is 0.171 e. The summed E-state index contributed by atoms with van der Waals surface area (Å²) in [5, 5.41) is 7.05. The van der Waals surface area contributed by atoms with E-state index in [0.717, 1.165) is 24.1 Å². The highest BCUT2D eigenvalue weighted by atomic mass is 32.1. The first-order valence-electron chi connectivity index (χ1n) is 7.64. The Kier molecular flexibility index (Phi) is 11.7. The molecule has 22 heavy (non-hydrogen) atoms. The molecule has 2 N–H and O–H groups in total. The van der Waals surface area contributed by atoms with Gasteiger partial charge in [0.25, 0.3) is 0 Å². The summed E-state index contributed by atoms with van der Waals surface area (Å²) in [6.45, 7) is 13.8. The van der Waals surface area contributed by atoms with Crippen LogP contribution in [-0.2, 0) is 0 Å². The zero-order chi connectivity index (χ0) is 16.8. The van der Waals surface area contributed by atoms with Crippen LogP contribution in [0, 0.1) is 0 Å². The Morgan fingerprint density at radius 1 is 1.05 bits per heavy atom. The second-order valence-corrected chi connectivity index (χ2v) is 5.11. The van der Waals surface area contributed by atoms with Crippen molar-refractivity contribution < 1.29 is 0 Å². The lowest BCUT2D eigenvalue weighted by atomic mass is 10.1. The maximum atomic E-state index is 5.38. The molecule has 0 saturated heterocycles. The van der Waals surface area contributed by atoms with Crippen LogP contribution in [-0.4, -0.2) is 11.2 Å². The molecule has 0 fully saturated rings. The van der Waals surface area contributed by atoms with E-state index in [0.29, 0.717) is 5.11 Å². The van der Waals surface area contributed by atoms with Gasteiger partial charge in [0, 0.05) is 5.70 Å². The standard InChI is InChI=1S/C19H28N2S/c1-6-10-14-17(12-8-3)16(5)20-19(22)21-18(13-9-4)15-11-7-2/h8-16H,3-4,6-7H2,1-2,5H3,(H2,20,21,22)/b14-10-,15-11-,17-12+,18-13+. The normalized spacial score (nSPS) is 14.1. The molecule has 0 aliphatic heterocycles. The molecule has 0 aliphatic carbocycles. The molecule has 0 saturated carbocycles. The number of hydrogen-bond acceptors (Lipinski definition) is 1. The van der Waals surface area contributed by atoms with Crippen LogP contribution in [0.25, 0.3) is 0 Å². The van der Waals surface area contributed by atoms with Crippen LogP contribution in [0.2, 0.25) is 0 Å². The van der Waals surface area contributed by atoms with Gasteiger partial charge in [-0.3, -0.25) is 0 Å². The first kappa shape index (κ1) is 20.1. The number of thiocarbonyl (C=S) groups is 1. The van der Waals surface area contributed by atoms with Gasteiger partial charge in [-0.05, 0) is 49.7 Å². The average Bonchev–Trinajstić information content (AvgIpc) is 2.49. The van der Waals surface area contributed by atoms with Crippen molar-refractivity contribution in [3.63, 3.8) is 0 Å². The Morgan fingerprint density at radius 3 is 2.18 bits per heavy atom. The van der Waals surface area contributed by atoms with Crippen molar-refractivity contribution in [2.24, 2.45) is 0 Å². The first-order valence-corrected chi connectivity index (χ1v) is 8.05. The Labute approximate surface area is 141 Å². The Hall–Kier alpha value is -1.87. The molecule has 0 spiro atoms. The monoisotopic (exact) mass is 316 g/mol. The summed E-state index contributed by atoms with van der Waals surface area (Å²) in [6.07, 6.45) is 17.7. The molecule has 0 heterocycles. The van der Waals surface area contributed by atoms with Crippen molar-refractivity contribution in [1.29, 1.82) is 0 Å². The topological polar surface area (TPSA) is 24.1 Å². The predicted molar refractivity (Wildman–Crippen MR) is 104 cm³/mol. The van der Waals surface area contributed by atoms with Crippen molar-refractivity contribution in [2.75, 3.05) is 0 Å². The zero-order valence-corrected chi connectivity index (χ0v) is 14.7. The van der Waals surface area contributed by atoms with Gasteiger partial charge in [0.1, 0.15) is 0 Å². The molecule has 120 valence electrons. The van der Waals surface area contributed by atoms with E-state index < -0.39 is 0 Å². The lowest BCUT2D eigenvalue weighted by molar-refractivity contribution is 0.766. The fourth-order valence-electron chi connectivity index (χ4n) is 1.69. The van der Waals surface area contributed by atoms with Crippen molar-refractivity contribution in [1.82, 2.24) is 10.6 Å². The first-order chi connectivity index (χ1) is 10.6. The summed E-state index contributed by atoms with van der Waals surface area (Å²) in [7, 11) is 0. The van der Waals surface area contributed by atoms with Crippen LogP contribution in [0.3, 0.4) is 0 Å². The lowest BCUT2D eigenvalue weighted by Gasteiger charge is -2.18.